The first-order valence-electron chi connectivity index (χ1n) is 5.88. The third-order valence-corrected chi connectivity index (χ3v) is 3.34. The molecule has 2 aromatic rings. The summed E-state index contributed by atoms with van der Waals surface area (Å²) in [5.41, 5.74) is 1.16. The number of hydrogen-bond acceptors (Lipinski definition) is 4. The minimum Gasteiger partial charge on any atom is -0.295 e. The number of aromatic nitrogens is 5. The smallest absolute Gasteiger partial charge is 0.0738 e. The van der Waals surface area contributed by atoms with E-state index < -0.39 is 0 Å². The Morgan fingerprint density at radius 1 is 1.47 bits per heavy atom. The summed E-state index contributed by atoms with van der Waals surface area (Å²) < 4.78 is 3.89. The molecule has 0 amide bonds. The van der Waals surface area contributed by atoms with Crippen molar-refractivity contribution in [3.05, 3.63) is 30.4 Å². The highest BCUT2D eigenvalue weighted by Crippen LogP contribution is 2.21. The zero-order valence-electron chi connectivity index (χ0n) is 9.90. The molecule has 0 aromatic carbocycles. The number of rotatable bonds is 3. The van der Waals surface area contributed by atoms with Gasteiger partial charge in [-0.1, -0.05) is 5.21 Å². The molecule has 1 fully saturated rings. The molecule has 1 aliphatic heterocycles. The summed E-state index contributed by atoms with van der Waals surface area (Å²) in [5, 5.41) is 12.2. The first kappa shape index (κ1) is 10.5. The van der Waals surface area contributed by atoms with Gasteiger partial charge in [0.15, 0.2) is 0 Å². The van der Waals surface area contributed by atoms with Crippen LogP contribution in [0.2, 0.25) is 0 Å². The number of hydrogen-bond donors (Lipinski definition) is 0. The molecule has 3 rings (SSSR count). The molecule has 1 saturated heterocycles. The van der Waals surface area contributed by atoms with Gasteiger partial charge in [-0.15, -0.1) is 5.10 Å². The molecule has 1 aliphatic rings. The lowest BCUT2D eigenvalue weighted by molar-refractivity contribution is 0.303. The summed E-state index contributed by atoms with van der Waals surface area (Å²) in [4.78, 5) is 2.42. The maximum atomic E-state index is 4.31. The van der Waals surface area contributed by atoms with Crippen molar-refractivity contribution < 1.29 is 0 Å². The number of aryl methyl sites for hydroxylation is 1. The molecule has 0 radical (unpaired) electrons. The molecular weight excluding hydrogens is 216 g/mol. The molecule has 17 heavy (non-hydrogen) atoms. The zero-order valence-corrected chi connectivity index (χ0v) is 9.90. The van der Waals surface area contributed by atoms with Gasteiger partial charge in [-0.3, -0.25) is 14.3 Å². The molecule has 0 bridgehead atoms. The van der Waals surface area contributed by atoms with Crippen LogP contribution in [0.25, 0.3) is 0 Å². The quantitative estimate of drug-likeness (QED) is 0.771. The van der Waals surface area contributed by atoms with Crippen molar-refractivity contribution >= 4 is 0 Å². The third-order valence-electron chi connectivity index (χ3n) is 3.34. The fourth-order valence-electron chi connectivity index (χ4n) is 2.35. The second-order valence-corrected chi connectivity index (χ2v) is 4.51. The van der Waals surface area contributed by atoms with Crippen molar-refractivity contribution in [3.63, 3.8) is 0 Å². The fraction of sp³-hybridized carbons (Fsp3) is 0.545. The van der Waals surface area contributed by atoms with Crippen LogP contribution in [0.4, 0.5) is 0 Å². The fourth-order valence-corrected chi connectivity index (χ4v) is 2.35. The predicted molar refractivity (Wildman–Crippen MR) is 62.2 cm³/mol. The van der Waals surface area contributed by atoms with Gasteiger partial charge < -0.3 is 0 Å². The highest BCUT2D eigenvalue weighted by atomic mass is 15.4. The zero-order chi connectivity index (χ0) is 11.7. The van der Waals surface area contributed by atoms with Gasteiger partial charge in [-0.05, 0) is 12.5 Å². The monoisotopic (exact) mass is 232 g/mol. The van der Waals surface area contributed by atoms with Crippen molar-refractivity contribution in [1.29, 1.82) is 0 Å². The van der Waals surface area contributed by atoms with Gasteiger partial charge >= 0.3 is 0 Å². The van der Waals surface area contributed by atoms with Gasteiger partial charge in [0.05, 0.1) is 17.9 Å². The first-order valence-corrected chi connectivity index (χ1v) is 5.88. The van der Waals surface area contributed by atoms with E-state index in [1.54, 1.807) is 0 Å². The van der Waals surface area contributed by atoms with Gasteiger partial charge in [-0.2, -0.15) is 5.10 Å². The molecule has 3 heterocycles. The Balaban J connectivity index is 1.63. The van der Waals surface area contributed by atoms with E-state index in [0.717, 1.165) is 31.7 Å². The molecule has 0 spiro atoms. The SMILES string of the molecule is Cn1nncc1CN1CCC(n2cccn2)C1. The van der Waals surface area contributed by atoms with Gasteiger partial charge in [0.25, 0.3) is 0 Å². The minimum absolute atomic E-state index is 0.506. The van der Waals surface area contributed by atoms with Crippen molar-refractivity contribution in [3.8, 4) is 0 Å². The molecule has 6 heteroatoms. The summed E-state index contributed by atoms with van der Waals surface area (Å²) in [5.74, 6) is 0. The van der Waals surface area contributed by atoms with Crippen LogP contribution in [0.15, 0.2) is 24.7 Å². The van der Waals surface area contributed by atoms with E-state index in [1.807, 2.05) is 36.4 Å². The molecule has 2 aromatic heterocycles. The standard InChI is InChI=1S/C11H16N6/c1-15-11(7-12-14-15)9-16-6-3-10(8-16)17-5-2-4-13-17/h2,4-5,7,10H,3,6,8-9H2,1H3. The molecular formula is C11H16N6. The Hall–Kier alpha value is -1.69. The average Bonchev–Trinajstić information content (AvgIpc) is 3.02. The topological polar surface area (TPSA) is 51.8 Å². The van der Waals surface area contributed by atoms with Gasteiger partial charge in [0.2, 0.25) is 0 Å². The van der Waals surface area contributed by atoms with Crippen LogP contribution in [-0.4, -0.2) is 42.8 Å². The first-order chi connectivity index (χ1) is 8.33. The molecule has 0 saturated carbocycles. The lowest BCUT2D eigenvalue weighted by Gasteiger charge is -2.15. The van der Waals surface area contributed by atoms with Crippen LogP contribution in [0.1, 0.15) is 18.2 Å². The predicted octanol–water partition coefficient (Wildman–Crippen LogP) is 0.459. The van der Waals surface area contributed by atoms with Crippen LogP contribution in [0.3, 0.4) is 0 Å². The van der Waals surface area contributed by atoms with Crippen LogP contribution in [0, 0.1) is 0 Å². The molecule has 90 valence electrons. The Kier molecular flexibility index (Phi) is 2.64. The summed E-state index contributed by atoms with van der Waals surface area (Å²) in [6, 6.07) is 2.49. The minimum atomic E-state index is 0.506. The van der Waals surface area contributed by atoms with Crippen molar-refractivity contribution in [2.75, 3.05) is 13.1 Å². The summed E-state index contributed by atoms with van der Waals surface area (Å²) in [6.07, 6.45) is 6.88. The molecule has 1 atom stereocenters. The lowest BCUT2D eigenvalue weighted by Crippen LogP contribution is -2.22. The van der Waals surface area contributed by atoms with Crippen LogP contribution in [-0.2, 0) is 13.6 Å². The van der Waals surface area contributed by atoms with Gasteiger partial charge in [0.1, 0.15) is 0 Å². The average molecular weight is 232 g/mol. The normalized spacial score (nSPS) is 21.1. The maximum absolute atomic E-state index is 4.31. The summed E-state index contributed by atoms with van der Waals surface area (Å²) in [7, 11) is 1.93. The third kappa shape index (κ3) is 2.08. The molecule has 0 aliphatic carbocycles. The summed E-state index contributed by atoms with van der Waals surface area (Å²) >= 11 is 0. The Morgan fingerprint density at radius 2 is 2.41 bits per heavy atom. The number of nitrogens with zero attached hydrogens (tertiary/aromatic N) is 6. The Labute approximate surface area is 99.8 Å². The second kappa shape index (κ2) is 4.29. The van der Waals surface area contributed by atoms with Crippen LogP contribution < -0.4 is 0 Å². The van der Waals surface area contributed by atoms with Crippen LogP contribution in [0.5, 0.6) is 0 Å². The maximum Gasteiger partial charge on any atom is 0.0738 e. The Morgan fingerprint density at radius 3 is 3.12 bits per heavy atom. The summed E-state index contributed by atoms with van der Waals surface area (Å²) in [6.45, 7) is 3.07. The second-order valence-electron chi connectivity index (χ2n) is 4.51. The highest BCUT2D eigenvalue weighted by molar-refractivity contribution is 4.95. The van der Waals surface area contributed by atoms with E-state index in [2.05, 4.69) is 25.0 Å². The molecule has 1 unspecified atom stereocenters. The van der Waals surface area contributed by atoms with E-state index in [1.165, 1.54) is 0 Å². The van der Waals surface area contributed by atoms with E-state index in [-0.39, 0.29) is 0 Å². The largest absolute Gasteiger partial charge is 0.295 e. The Bertz CT molecular complexity index is 474. The van der Waals surface area contributed by atoms with Gasteiger partial charge in [-0.25, -0.2) is 0 Å². The lowest BCUT2D eigenvalue weighted by atomic mass is 10.3. The van der Waals surface area contributed by atoms with Crippen LogP contribution >= 0.6 is 0 Å². The van der Waals surface area contributed by atoms with Crippen molar-refractivity contribution in [2.45, 2.75) is 19.0 Å². The van der Waals surface area contributed by atoms with E-state index in [9.17, 15) is 0 Å². The van der Waals surface area contributed by atoms with E-state index >= 15 is 0 Å². The molecule has 6 nitrogen and oxygen atoms in total. The van der Waals surface area contributed by atoms with Crippen molar-refractivity contribution in [1.82, 2.24) is 29.7 Å². The number of likely N-dealkylation sites (tertiary alicyclic amines) is 1. The van der Waals surface area contributed by atoms with E-state index in [0.29, 0.717) is 6.04 Å². The van der Waals surface area contributed by atoms with E-state index in [4.69, 9.17) is 0 Å². The highest BCUT2D eigenvalue weighted by Gasteiger charge is 2.24. The molecule has 0 N–H and O–H groups in total. The van der Waals surface area contributed by atoms with Gasteiger partial charge in [0, 0.05) is 39.1 Å². The van der Waals surface area contributed by atoms with Crippen molar-refractivity contribution in [2.24, 2.45) is 7.05 Å².